The van der Waals surface area contributed by atoms with Crippen molar-refractivity contribution in [3.05, 3.63) is 89.4 Å². The fourth-order valence-corrected chi connectivity index (χ4v) is 6.00. The SMILES string of the molecule is Cc1cc2sc(C(C)(C)C)nc2cc1-c1n(-c2cccc3ccccc23)c2ccccc2[n+]1C. The van der Waals surface area contributed by atoms with Crippen molar-refractivity contribution in [2.45, 2.75) is 33.1 Å². The van der Waals surface area contributed by atoms with Gasteiger partial charge in [0, 0.05) is 10.8 Å². The number of fused-ring (bicyclic) bond motifs is 3. The van der Waals surface area contributed by atoms with E-state index in [1.54, 1.807) is 0 Å². The third-order valence-corrected chi connectivity index (χ3v) is 8.08. The Morgan fingerprint density at radius 1 is 0.882 bits per heavy atom. The number of nitrogens with zero attached hydrogens (tertiary/aromatic N) is 3. The van der Waals surface area contributed by atoms with Crippen molar-refractivity contribution in [1.82, 2.24) is 9.55 Å². The fraction of sp³-hybridized carbons (Fsp3) is 0.200. The average Bonchev–Trinajstić information content (AvgIpc) is 3.37. The van der Waals surface area contributed by atoms with Gasteiger partial charge in [-0.3, -0.25) is 0 Å². The van der Waals surface area contributed by atoms with Crippen LogP contribution in [0.5, 0.6) is 0 Å². The highest BCUT2D eigenvalue weighted by Crippen LogP contribution is 2.37. The van der Waals surface area contributed by atoms with Gasteiger partial charge in [-0.15, -0.1) is 11.3 Å². The number of rotatable bonds is 2. The average molecular weight is 463 g/mol. The van der Waals surface area contributed by atoms with Crippen LogP contribution < -0.4 is 4.57 Å². The minimum absolute atomic E-state index is 0.0419. The van der Waals surface area contributed by atoms with E-state index in [4.69, 9.17) is 4.98 Å². The van der Waals surface area contributed by atoms with Crippen LogP contribution in [0.15, 0.2) is 78.9 Å². The molecule has 2 heterocycles. The van der Waals surface area contributed by atoms with Gasteiger partial charge in [0.2, 0.25) is 0 Å². The highest BCUT2D eigenvalue weighted by molar-refractivity contribution is 7.18. The molecule has 0 radical (unpaired) electrons. The summed E-state index contributed by atoms with van der Waals surface area (Å²) in [5.74, 6) is 1.17. The van der Waals surface area contributed by atoms with E-state index in [1.807, 2.05) is 11.3 Å². The molecule has 0 saturated heterocycles. The molecule has 34 heavy (non-hydrogen) atoms. The Morgan fingerprint density at radius 2 is 1.62 bits per heavy atom. The number of imidazole rings is 1. The highest BCUT2D eigenvalue weighted by Gasteiger charge is 2.29. The maximum absolute atomic E-state index is 5.05. The molecule has 168 valence electrons. The van der Waals surface area contributed by atoms with Crippen molar-refractivity contribution in [3.8, 4) is 17.1 Å². The summed E-state index contributed by atoms with van der Waals surface area (Å²) in [5, 5.41) is 3.67. The van der Waals surface area contributed by atoms with Crippen molar-refractivity contribution >= 4 is 43.4 Å². The van der Waals surface area contributed by atoms with Gasteiger partial charge in [0.05, 0.1) is 27.8 Å². The molecule has 0 fully saturated rings. The first-order chi connectivity index (χ1) is 16.3. The summed E-state index contributed by atoms with van der Waals surface area (Å²) in [7, 11) is 2.17. The number of hydrogen-bond acceptors (Lipinski definition) is 2. The molecule has 0 amide bonds. The molecule has 6 aromatic rings. The predicted octanol–water partition coefficient (Wildman–Crippen LogP) is 7.49. The second-order valence-corrected chi connectivity index (χ2v) is 11.1. The monoisotopic (exact) mass is 462 g/mol. The third-order valence-electron chi connectivity index (χ3n) is 6.64. The van der Waals surface area contributed by atoms with Gasteiger partial charge in [-0.2, -0.15) is 4.57 Å². The van der Waals surface area contributed by atoms with Crippen molar-refractivity contribution in [3.63, 3.8) is 0 Å². The molecule has 0 spiro atoms. The Morgan fingerprint density at radius 3 is 2.44 bits per heavy atom. The number of aromatic nitrogens is 3. The van der Waals surface area contributed by atoms with Crippen LogP contribution in [0, 0.1) is 6.92 Å². The van der Waals surface area contributed by atoms with Crippen LogP contribution in [-0.4, -0.2) is 9.55 Å². The Kier molecular flexibility index (Phi) is 4.65. The van der Waals surface area contributed by atoms with Crippen LogP contribution in [-0.2, 0) is 12.5 Å². The normalized spacial score (nSPS) is 12.3. The van der Waals surface area contributed by atoms with Crippen LogP contribution in [0.2, 0.25) is 0 Å². The van der Waals surface area contributed by atoms with Crippen molar-refractivity contribution < 1.29 is 4.57 Å². The highest BCUT2D eigenvalue weighted by atomic mass is 32.1. The van der Waals surface area contributed by atoms with E-state index in [-0.39, 0.29) is 5.41 Å². The summed E-state index contributed by atoms with van der Waals surface area (Å²) >= 11 is 1.81. The fourth-order valence-electron chi connectivity index (χ4n) is 4.90. The molecule has 4 aromatic carbocycles. The Bertz CT molecular complexity index is 1710. The van der Waals surface area contributed by atoms with Gasteiger partial charge in [0.1, 0.15) is 5.69 Å². The van der Waals surface area contributed by atoms with Crippen LogP contribution in [0.4, 0.5) is 0 Å². The first kappa shape index (κ1) is 21.1. The van der Waals surface area contributed by atoms with Crippen LogP contribution >= 0.6 is 11.3 Å². The lowest BCUT2D eigenvalue weighted by atomic mass is 9.98. The molecule has 0 N–H and O–H groups in total. The molecular weight excluding hydrogens is 434 g/mol. The maximum Gasteiger partial charge on any atom is 0.295 e. The first-order valence-electron chi connectivity index (χ1n) is 11.7. The van der Waals surface area contributed by atoms with Crippen molar-refractivity contribution in [2.75, 3.05) is 0 Å². The van der Waals surface area contributed by atoms with Gasteiger partial charge in [-0.1, -0.05) is 69.3 Å². The van der Waals surface area contributed by atoms with Gasteiger partial charge in [-0.25, -0.2) is 9.55 Å². The van der Waals surface area contributed by atoms with Crippen LogP contribution in [0.1, 0.15) is 31.3 Å². The summed E-state index contributed by atoms with van der Waals surface area (Å²) < 4.78 is 5.99. The molecular formula is C30H28N3S+. The Hall–Kier alpha value is -3.50. The second-order valence-electron chi connectivity index (χ2n) is 10.1. The maximum atomic E-state index is 5.05. The topological polar surface area (TPSA) is 21.7 Å². The number of benzene rings is 4. The van der Waals surface area contributed by atoms with Gasteiger partial charge < -0.3 is 0 Å². The lowest BCUT2D eigenvalue weighted by molar-refractivity contribution is -0.633. The number of hydrogen-bond donors (Lipinski definition) is 0. The molecule has 0 bridgehead atoms. The van der Waals surface area contributed by atoms with Crippen molar-refractivity contribution in [1.29, 1.82) is 0 Å². The van der Waals surface area contributed by atoms with E-state index in [0.29, 0.717) is 0 Å². The molecule has 0 saturated carbocycles. The summed E-state index contributed by atoms with van der Waals surface area (Å²) in [6.45, 7) is 8.92. The van der Waals surface area contributed by atoms with Gasteiger partial charge in [-0.05, 0) is 48.2 Å². The second kappa shape index (κ2) is 7.51. The van der Waals surface area contributed by atoms with E-state index in [1.165, 1.54) is 54.2 Å². The minimum atomic E-state index is 0.0419. The summed E-state index contributed by atoms with van der Waals surface area (Å²) in [4.78, 5) is 5.05. The first-order valence-corrected chi connectivity index (χ1v) is 12.5. The number of para-hydroxylation sites is 2. The third kappa shape index (κ3) is 3.17. The van der Waals surface area contributed by atoms with E-state index < -0.39 is 0 Å². The molecule has 4 heteroatoms. The van der Waals surface area contributed by atoms with Gasteiger partial charge in [0.25, 0.3) is 5.82 Å². The summed E-state index contributed by atoms with van der Waals surface area (Å²) in [6, 6.07) is 28.5. The molecule has 2 aromatic heterocycles. The zero-order valence-corrected chi connectivity index (χ0v) is 21.1. The molecule has 0 aliphatic heterocycles. The zero-order valence-electron chi connectivity index (χ0n) is 20.3. The molecule has 0 atom stereocenters. The summed E-state index contributed by atoms with van der Waals surface area (Å²) in [6.07, 6.45) is 0. The lowest BCUT2D eigenvalue weighted by Gasteiger charge is -2.13. The number of aryl methyl sites for hydroxylation is 2. The molecule has 0 aliphatic rings. The van der Waals surface area contributed by atoms with Crippen molar-refractivity contribution in [2.24, 2.45) is 7.05 Å². The van der Waals surface area contributed by atoms with Crippen LogP contribution in [0.3, 0.4) is 0 Å². The largest absolute Gasteiger partial charge is 0.295 e. The minimum Gasteiger partial charge on any atom is -0.241 e. The quantitative estimate of drug-likeness (QED) is 0.244. The molecule has 6 rings (SSSR count). The van der Waals surface area contributed by atoms with E-state index in [9.17, 15) is 0 Å². The Labute approximate surface area is 203 Å². The molecule has 0 aliphatic carbocycles. The Balaban J connectivity index is 1.72. The van der Waals surface area contributed by atoms with E-state index in [0.717, 1.165) is 5.52 Å². The molecule has 0 unspecified atom stereocenters. The van der Waals surface area contributed by atoms with E-state index in [2.05, 4.69) is 123 Å². The summed E-state index contributed by atoms with van der Waals surface area (Å²) in [5.41, 5.74) is 7.19. The smallest absolute Gasteiger partial charge is 0.241 e. The van der Waals surface area contributed by atoms with Crippen LogP contribution in [0.25, 0.3) is 49.1 Å². The lowest BCUT2D eigenvalue weighted by Crippen LogP contribution is -2.30. The van der Waals surface area contributed by atoms with Gasteiger partial charge in [0.15, 0.2) is 11.0 Å². The molecule has 3 nitrogen and oxygen atoms in total. The van der Waals surface area contributed by atoms with Gasteiger partial charge >= 0.3 is 0 Å². The van der Waals surface area contributed by atoms with E-state index >= 15 is 0 Å². The standard InChI is InChI=1S/C30H28N3S/c1-19-17-27-23(31-29(34-27)30(2,3)4)18-22(19)28-32(5)25-14-8-9-15-26(25)33(28)24-16-10-12-20-11-6-7-13-21(20)24/h6-18H,1-5H3/q+1. The number of thiazole rings is 1. The zero-order chi connectivity index (χ0) is 23.6. The predicted molar refractivity (Wildman–Crippen MR) is 144 cm³/mol.